The second-order valence-electron chi connectivity index (χ2n) is 5.18. The number of allylic oxidation sites excluding steroid dienone is 1. The van der Waals surface area contributed by atoms with Crippen LogP contribution in [0.2, 0.25) is 0 Å². The molecule has 1 fully saturated rings. The van der Waals surface area contributed by atoms with Crippen LogP contribution in [0.4, 0.5) is 0 Å². The molecule has 0 bridgehead atoms. The van der Waals surface area contributed by atoms with Crippen LogP contribution in [-0.2, 0) is 14.3 Å². The number of carbonyl (C=O) groups is 2. The van der Waals surface area contributed by atoms with E-state index >= 15 is 0 Å². The van der Waals surface area contributed by atoms with Crippen LogP contribution in [0.15, 0.2) is 24.1 Å². The topological polar surface area (TPSA) is 78.9 Å². The maximum Gasteiger partial charge on any atom is 0.320 e. The monoisotopic (exact) mass is 296 g/mol. The number of rotatable bonds is 7. The van der Waals surface area contributed by atoms with Crippen LogP contribution in [-0.4, -0.2) is 48.1 Å². The van der Waals surface area contributed by atoms with Gasteiger partial charge in [0.25, 0.3) is 0 Å². The minimum atomic E-state index is -0.793. The molecule has 6 heteroatoms. The molecule has 0 aromatic rings. The number of nitrogens with one attached hydrogen (secondary N) is 1. The molecule has 2 atom stereocenters. The van der Waals surface area contributed by atoms with Crippen LogP contribution in [0.5, 0.6) is 0 Å². The first kappa shape index (κ1) is 17.2. The number of carboxylic acids is 1. The quantitative estimate of drug-likeness (QED) is 0.548. The highest BCUT2D eigenvalue weighted by atomic mass is 16.5. The van der Waals surface area contributed by atoms with E-state index in [9.17, 15) is 14.7 Å². The van der Waals surface area contributed by atoms with Gasteiger partial charge in [-0.3, -0.25) is 14.5 Å². The zero-order valence-corrected chi connectivity index (χ0v) is 12.8. The third-order valence-corrected chi connectivity index (χ3v) is 3.45. The van der Waals surface area contributed by atoms with E-state index in [1.165, 1.54) is 20.3 Å². The Kier molecular flexibility index (Phi) is 6.94. The molecule has 6 nitrogen and oxygen atoms in total. The molecule has 1 aliphatic heterocycles. The lowest BCUT2D eigenvalue weighted by molar-refractivity contribution is -0.142. The van der Waals surface area contributed by atoms with Gasteiger partial charge in [-0.05, 0) is 19.3 Å². The largest absolute Gasteiger partial charge is 0.503 e. The number of carboxylic acid groups (broad SMARTS) is 1. The lowest BCUT2D eigenvalue weighted by Crippen LogP contribution is -2.37. The summed E-state index contributed by atoms with van der Waals surface area (Å²) in [7, 11) is 1.51. The van der Waals surface area contributed by atoms with Crippen molar-refractivity contribution in [2.75, 3.05) is 20.2 Å². The molecule has 0 aromatic heterocycles. The Morgan fingerprint density at radius 3 is 2.71 bits per heavy atom. The molecule has 21 heavy (non-hydrogen) atoms. The molecule has 2 N–H and O–H groups in total. The van der Waals surface area contributed by atoms with Gasteiger partial charge in [0.15, 0.2) is 0 Å². The fourth-order valence-corrected chi connectivity index (χ4v) is 2.64. The SMILES string of the molecule is C/C=C\C1CC(C(=O)O)N(CC/C(=C\OC)NC(C)=O)C1. The normalized spacial score (nSPS) is 23.5. The van der Waals surface area contributed by atoms with Gasteiger partial charge in [0.05, 0.1) is 12.8 Å². The highest BCUT2D eigenvalue weighted by Crippen LogP contribution is 2.25. The lowest BCUT2D eigenvalue weighted by Gasteiger charge is -2.21. The van der Waals surface area contributed by atoms with Gasteiger partial charge in [0, 0.05) is 26.4 Å². The van der Waals surface area contributed by atoms with Gasteiger partial charge in [-0.25, -0.2) is 0 Å². The van der Waals surface area contributed by atoms with E-state index in [1.54, 1.807) is 0 Å². The first-order valence-corrected chi connectivity index (χ1v) is 7.07. The molecule has 0 radical (unpaired) electrons. The Hall–Kier alpha value is -1.82. The van der Waals surface area contributed by atoms with Crippen molar-refractivity contribution in [3.05, 3.63) is 24.1 Å². The van der Waals surface area contributed by atoms with Crippen LogP contribution < -0.4 is 5.32 Å². The van der Waals surface area contributed by atoms with Crippen molar-refractivity contribution in [1.82, 2.24) is 10.2 Å². The van der Waals surface area contributed by atoms with E-state index in [0.717, 1.165) is 6.54 Å². The molecule has 1 aliphatic rings. The summed E-state index contributed by atoms with van der Waals surface area (Å²) >= 11 is 0. The Labute approximate surface area is 125 Å². The molecule has 0 aromatic carbocycles. The smallest absolute Gasteiger partial charge is 0.320 e. The summed E-state index contributed by atoms with van der Waals surface area (Å²) in [6, 6.07) is -0.465. The predicted octanol–water partition coefficient (Wildman–Crippen LogP) is 1.35. The molecule has 0 spiro atoms. The fourth-order valence-electron chi connectivity index (χ4n) is 2.64. The van der Waals surface area contributed by atoms with Crippen LogP contribution in [0.1, 0.15) is 26.7 Å². The number of methoxy groups -OCH3 is 1. The number of hydrogen-bond donors (Lipinski definition) is 2. The van der Waals surface area contributed by atoms with Gasteiger partial charge in [0.2, 0.25) is 5.91 Å². The van der Waals surface area contributed by atoms with Crippen LogP contribution in [0, 0.1) is 5.92 Å². The molecule has 1 rings (SSSR count). The Morgan fingerprint density at radius 1 is 1.48 bits per heavy atom. The first-order valence-electron chi connectivity index (χ1n) is 7.07. The zero-order chi connectivity index (χ0) is 15.8. The number of carbonyl (C=O) groups excluding carboxylic acids is 1. The lowest BCUT2D eigenvalue weighted by atomic mass is 10.1. The van der Waals surface area contributed by atoms with Crippen molar-refractivity contribution >= 4 is 11.9 Å². The summed E-state index contributed by atoms with van der Waals surface area (Å²) in [5.74, 6) is -0.688. The van der Waals surface area contributed by atoms with Crippen molar-refractivity contribution in [3.8, 4) is 0 Å². The summed E-state index contributed by atoms with van der Waals surface area (Å²) in [4.78, 5) is 24.4. The van der Waals surface area contributed by atoms with E-state index in [-0.39, 0.29) is 11.8 Å². The predicted molar refractivity (Wildman–Crippen MR) is 79.4 cm³/mol. The van der Waals surface area contributed by atoms with E-state index in [4.69, 9.17) is 4.74 Å². The maximum absolute atomic E-state index is 11.3. The summed E-state index contributed by atoms with van der Waals surface area (Å²) in [5.41, 5.74) is 0.656. The number of amides is 1. The van der Waals surface area contributed by atoms with E-state index in [1.807, 2.05) is 17.9 Å². The van der Waals surface area contributed by atoms with Gasteiger partial charge >= 0.3 is 5.97 Å². The van der Waals surface area contributed by atoms with Crippen LogP contribution in [0.3, 0.4) is 0 Å². The van der Waals surface area contributed by atoms with Gasteiger partial charge in [-0.15, -0.1) is 0 Å². The summed E-state index contributed by atoms with van der Waals surface area (Å²) in [6.45, 7) is 4.66. The molecule has 0 saturated carbocycles. The van der Waals surface area contributed by atoms with Gasteiger partial charge in [-0.2, -0.15) is 0 Å². The average Bonchev–Trinajstić information content (AvgIpc) is 2.79. The Morgan fingerprint density at radius 2 is 2.19 bits per heavy atom. The van der Waals surface area contributed by atoms with Gasteiger partial charge in [0.1, 0.15) is 12.3 Å². The van der Waals surface area contributed by atoms with Crippen LogP contribution >= 0.6 is 0 Å². The molecule has 1 amide bonds. The Balaban J connectivity index is 2.64. The third kappa shape index (κ3) is 5.59. The summed E-state index contributed by atoms with van der Waals surface area (Å²) < 4.78 is 4.93. The Bertz CT molecular complexity index is 431. The molecule has 1 heterocycles. The summed E-state index contributed by atoms with van der Waals surface area (Å²) in [6.07, 6.45) is 6.66. The minimum Gasteiger partial charge on any atom is -0.503 e. The van der Waals surface area contributed by atoms with Crippen molar-refractivity contribution in [3.63, 3.8) is 0 Å². The molecule has 0 aliphatic carbocycles. The standard InChI is InChI=1S/C15H24N2O4/c1-4-5-12-8-14(15(19)20)17(9-12)7-6-13(10-21-3)16-11(2)18/h4-5,10,12,14H,6-9H2,1-3H3,(H,16,18)(H,19,20)/b5-4-,13-10+. The summed E-state index contributed by atoms with van der Waals surface area (Å²) in [5, 5.41) is 12.0. The molecule has 118 valence electrons. The second kappa shape index (κ2) is 8.46. The van der Waals surface area contributed by atoms with E-state index in [2.05, 4.69) is 11.4 Å². The molecule has 2 unspecified atom stereocenters. The van der Waals surface area contributed by atoms with Gasteiger partial charge in [-0.1, -0.05) is 12.2 Å². The number of hydrogen-bond acceptors (Lipinski definition) is 4. The van der Waals surface area contributed by atoms with Crippen molar-refractivity contribution in [1.29, 1.82) is 0 Å². The third-order valence-electron chi connectivity index (χ3n) is 3.45. The number of aliphatic carboxylic acids is 1. The number of nitrogens with zero attached hydrogens (tertiary/aromatic N) is 1. The van der Waals surface area contributed by atoms with Crippen molar-refractivity contribution in [2.45, 2.75) is 32.7 Å². The zero-order valence-electron chi connectivity index (χ0n) is 12.8. The van der Waals surface area contributed by atoms with Gasteiger partial charge < -0.3 is 15.2 Å². The van der Waals surface area contributed by atoms with Crippen molar-refractivity contribution in [2.24, 2.45) is 5.92 Å². The average molecular weight is 296 g/mol. The van der Waals surface area contributed by atoms with Crippen molar-refractivity contribution < 1.29 is 19.4 Å². The van der Waals surface area contributed by atoms with Crippen LogP contribution in [0.25, 0.3) is 0 Å². The number of likely N-dealkylation sites (tertiary alicyclic amines) is 1. The highest BCUT2D eigenvalue weighted by Gasteiger charge is 2.35. The van der Waals surface area contributed by atoms with E-state index < -0.39 is 12.0 Å². The molecular weight excluding hydrogens is 272 g/mol. The number of ether oxygens (including phenoxy) is 1. The highest BCUT2D eigenvalue weighted by molar-refractivity contribution is 5.75. The minimum absolute atomic E-state index is 0.165. The first-order chi connectivity index (χ1) is 9.97. The second-order valence-corrected chi connectivity index (χ2v) is 5.18. The molecule has 1 saturated heterocycles. The molecular formula is C15H24N2O4. The fraction of sp³-hybridized carbons (Fsp3) is 0.600. The maximum atomic E-state index is 11.3. The van der Waals surface area contributed by atoms with E-state index in [0.29, 0.717) is 25.1 Å².